The minimum Gasteiger partial charge on any atom is -0.466 e. The van der Waals surface area contributed by atoms with E-state index in [1.807, 2.05) is 0 Å². The zero-order valence-corrected chi connectivity index (χ0v) is 7.90. The summed E-state index contributed by atoms with van der Waals surface area (Å²) in [6.07, 6.45) is 4.34. The lowest BCUT2D eigenvalue weighted by atomic mass is 10.1. The van der Waals surface area contributed by atoms with Gasteiger partial charge in [0.15, 0.2) is 0 Å². The van der Waals surface area contributed by atoms with E-state index in [0.717, 1.165) is 26.1 Å². The first-order chi connectivity index (χ1) is 6.26. The lowest BCUT2D eigenvalue weighted by Crippen LogP contribution is -2.18. The minimum absolute atomic E-state index is 0.309. The molecular formula is C9H16N2O2. The molecule has 1 saturated heterocycles. The molecule has 1 aliphatic heterocycles. The molecule has 0 aliphatic carbocycles. The Labute approximate surface area is 78.3 Å². The summed E-state index contributed by atoms with van der Waals surface area (Å²) in [5, 5.41) is 0. The van der Waals surface area contributed by atoms with Gasteiger partial charge in [0.1, 0.15) is 0 Å². The van der Waals surface area contributed by atoms with Crippen LogP contribution in [0.4, 0.5) is 0 Å². The molecule has 0 bridgehead atoms. The average Bonchev–Trinajstić information content (AvgIpc) is 2.61. The number of carbonyl (C=O) groups is 1. The number of likely N-dealkylation sites (tertiary alicyclic amines) is 1. The molecule has 0 aromatic rings. The Morgan fingerprint density at radius 3 is 3.08 bits per heavy atom. The van der Waals surface area contributed by atoms with Crippen LogP contribution in [-0.2, 0) is 9.53 Å². The molecule has 74 valence electrons. The summed E-state index contributed by atoms with van der Waals surface area (Å²) in [5.74, 6) is 0.262. The van der Waals surface area contributed by atoms with Crippen molar-refractivity contribution in [3.05, 3.63) is 12.3 Å². The second-order valence-electron chi connectivity index (χ2n) is 3.22. The first kappa shape index (κ1) is 10.1. The number of ether oxygens (including phenoxy) is 1. The monoisotopic (exact) mass is 184 g/mol. The summed E-state index contributed by atoms with van der Waals surface area (Å²) in [6.45, 7) is 2.65. The maximum Gasteiger partial charge on any atom is 0.331 e. The Hall–Kier alpha value is -1.03. The average molecular weight is 184 g/mol. The summed E-state index contributed by atoms with van der Waals surface area (Å²) in [6, 6.07) is 0. The second-order valence-corrected chi connectivity index (χ2v) is 3.22. The van der Waals surface area contributed by atoms with Crippen LogP contribution >= 0.6 is 0 Å². The van der Waals surface area contributed by atoms with Crippen LogP contribution in [0.3, 0.4) is 0 Å². The van der Waals surface area contributed by atoms with Gasteiger partial charge in [-0.05, 0) is 18.9 Å². The molecule has 1 aliphatic rings. The van der Waals surface area contributed by atoms with E-state index in [1.54, 1.807) is 6.20 Å². The standard InChI is InChI=1S/C9H16N2O2/c1-13-9(12)3-5-11-4-2-8(6-10)7-11/h3,5,8H,2,4,6-7,10H2,1H3. The fourth-order valence-electron chi connectivity index (χ4n) is 1.42. The van der Waals surface area contributed by atoms with Gasteiger partial charge in [0.05, 0.1) is 7.11 Å². The topological polar surface area (TPSA) is 55.6 Å². The SMILES string of the molecule is COC(=O)C=CN1CCC(CN)C1. The predicted octanol–water partition coefficient (Wildman–Crippen LogP) is -0.0463. The first-order valence-corrected chi connectivity index (χ1v) is 4.46. The molecule has 4 heteroatoms. The van der Waals surface area contributed by atoms with Gasteiger partial charge in [-0.3, -0.25) is 0 Å². The number of rotatable bonds is 3. The maximum absolute atomic E-state index is 10.8. The van der Waals surface area contributed by atoms with Crippen molar-refractivity contribution in [1.29, 1.82) is 0 Å². The number of nitrogens with two attached hydrogens (primary N) is 1. The highest BCUT2D eigenvalue weighted by atomic mass is 16.5. The molecule has 0 amide bonds. The number of methoxy groups -OCH3 is 1. The van der Waals surface area contributed by atoms with E-state index in [0.29, 0.717) is 5.92 Å². The Bertz CT molecular complexity index is 204. The summed E-state index contributed by atoms with van der Waals surface area (Å²) in [7, 11) is 1.37. The summed E-state index contributed by atoms with van der Waals surface area (Å²) in [4.78, 5) is 12.9. The van der Waals surface area contributed by atoms with Crippen LogP contribution in [0.2, 0.25) is 0 Å². The Kier molecular flexibility index (Phi) is 3.76. The number of hydrogen-bond acceptors (Lipinski definition) is 4. The van der Waals surface area contributed by atoms with E-state index < -0.39 is 0 Å². The van der Waals surface area contributed by atoms with E-state index in [4.69, 9.17) is 5.73 Å². The third-order valence-electron chi connectivity index (χ3n) is 2.27. The van der Waals surface area contributed by atoms with Crippen molar-refractivity contribution in [3.8, 4) is 0 Å². The molecule has 0 aromatic carbocycles. The van der Waals surface area contributed by atoms with Crippen LogP contribution in [0.15, 0.2) is 12.3 Å². The number of nitrogens with zero attached hydrogens (tertiary/aromatic N) is 1. The second kappa shape index (κ2) is 4.87. The first-order valence-electron chi connectivity index (χ1n) is 4.46. The molecule has 0 aromatic heterocycles. The molecular weight excluding hydrogens is 168 g/mol. The van der Waals surface area contributed by atoms with Crippen LogP contribution in [-0.4, -0.2) is 37.6 Å². The minimum atomic E-state index is -0.309. The molecule has 0 spiro atoms. The van der Waals surface area contributed by atoms with Crippen molar-refractivity contribution in [3.63, 3.8) is 0 Å². The lowest BCUT2D eigenvalue weighted by Gasteiger charge is -2.11. The molecule has 1 heterocycles. The van der Waals surface area contributed by atoms with E-state index >= 15 is 0 Å². The maximum atomic E-state index is 10.8. The van der Waals surface area contributed by atoms with Gasteiger partial charge < -0.3 is 15.4 Å². The van der Waals surface area contributed by atoms with Gasteiger partial charge in [0, 0.05) is 25.4 Å². The summed E-state index contributed by atoms with van der Waals surface area (Å²) in [5.41, 5.74) is 5.54. The van der Waals surface area contributed by atoms with Gasteiger partial charge in [-0.2, -0.15) is 0 Å². The zero-order chi connectivity index (χ0) is 9.68. The van der Waals surface area contributed by atoms with Crippen molar-refractivity contribution in [2.75, 3.05) is 26.7 Å². The van der Waals surface area contributed by atoms with Crippen LogP contribution in [0.25, 0.3) is 0 Å². The predicted molar refractivity (Wildman–Crippen MR) is 49.9 cm³/mol. The molecule has 13 heavy (non-hydrogen) atoms. The van der Waals surface area contributed by atoms with E-state index in [2.05, 4.69) is 9.64 Å². The van der Waals surface area contributed by atoms with Gasteiger partial charge in [-0.1, -0.05) is 0 Å². The van der Waals surface area contributed by atoms with E-state index in [-0.39, 0.29) is 5.97 Å². The molecule has 2 N–H and O–H groups in total. The highest BCUT2D eigenvalue weighted by Crippen LogP contribution is 2.14. The Morgan fingerprint density at radius 1 is 1.77 bits per heavy atom. The van der Waals surface area contributed by atoms with Gasteiger partial charge >= 0.3 is 5.97 Å². The molecule has 1 atom stereocenters. The zero-order valence-electron chi connectivity index (χ0n) is 7.90. The highest BCUT2D eigenvalue weighted by Gasteiger charge is 2.18. The van der Waals surface area contributed by atoms with Crippen molar-refractivity contribution in [1.82, 2.24) is 4.90 Å². The largest absolute Gasteiger partial charge is 0.466 e. The van der Waals surface area contributed by atoms with E-state index in [9.17, 15) is 4.79 Å². The quantitative estimate of drug-likeness (QED) is 0.493. The molecule has 1 fully saturated rings. The van der Waals surface area contributed by atoms with Crippen LogP contribution in [0.1, 0.15) is 6.42 Å². The van der Waals surface area contributed by atoms with Crippen LogP contribution in [0, 0.1) is 5.92 Å². The van der Waals surface area contributed by atoms with Crippen LogP contribution in [0.5, 0.6) is 0 Å². The molecule has 0 radical (unpaired) electrons. The van der Waals surface area contributed by atoms with Gasteiger partial charge in [0.2, 0.25) is 0 Å². The van der Waals surface area contributed by atoms with Crippen molar-refractivity contribution in [2.24, 2.45) is 11.7 Å². The normalized spacial score (nSPS) is 22.6. The third-order valence-corrected chi connectivity index (χ3v) is 2.27. The number of esters is 1. The third kappa shape index (κ3) is 3.06. The number of hydrogen-bond donors (Lipinski definition) is 1. The van der Waals surface area contributed by atoms with Crippen LogP contribution < -0.4 is 5.73 Å². The van der Waals surface area contributed by atoms with Gasteiger partial charge in [-0.15, -0.1) is 0 Å². The summed E-state index contributed by atoms with van der Waals surface area (Å²) >= 11 is 0. The highest BCUT2D eigenvalue weighted by molar-refractivity contribution is 5.81. The van der Waals surface area contributed by atoms with Crippen molar-refractivity contribution in [2.45, 2.75) is 6.42 Å². The molecule has 4 nitrogen and oxygen atoms in total. The number of carbonyl (C=O) groups excluding carboxylic acids is 1. The lowest BCUT2D eigenvalue weighted by molar-refractivity contribution is -0.134. The Morgan fingerprint density at radius 2 is 2.54 bits per heavy atom. The molecule has 1 rings (SSSR count). The van der Waals surface area contributed by atoms with Gasteiger partial charge in [-0.25, -0.2) is 4.79 Å². The fraction of sp³-hybridized carbons (Fsp3) is 0.667. The summed E-state index contributed by atoms with van der Waals surface area (Å²) < 4.78 is 4.49. The smallest absolute Gasteiger partial charge is 0.331 e. The van der Waals surface area contributed by atoms with Crippen molar-refractivity contribution >= 4 is 5.97 Å². The molecule has 0 saturated carbocycles. The molecule has 1 unspecified atom stereocenters. The van der Waals surface area contributed by atoms with Gasteiger partial charge in [0.25, 0.3) is 0 Å². The van der Waals surface area contributed by atoms with E-state index in [1.165, 1.54) is 13.2 Å². The Balaban J connectivity index is 2.31. The fourth-order valence-corrected chi connectivity index (χ4v) is 1.42. The van der Waals surface area contributed by atoms with Crippen molar-refractivity contribution < 1.29 is 9.53 Å².